The van der Waals surface area contributed by atoms with Gasteiger partial charge >= 0.3 is 0 Å². The average molecular weight is 311 g/mol. The average Bonchev–Trinajstić information content (AvgIpc) is 2.81. The van der Waals surface area contributed by atoms with E-state index in [2.05, 4.69) is 10.6 Å². The van der Waals surface area contributed by atoms with E-state index in [-0.39, 0.29) is 37.2 Å². The van der Waals surface area contributed by atoms with Gasteiger partial charge in [0.25, 0.3) is 0 Å². The predicted octanol–water partition coefficient (Wildman–Crippen LogP) is 1.10. The normalized spacial score (nSPS) is 10.0. The number of nitrogens with two attached hydrogens (primary N) is 1. The molecule has 114 valence electrons. The molecule has 0 saturated carbocycles. The van der Waals surface area contributed by atoms with Crippen molar-refractivity contribution in [2.45, 2.75) is 13.0 Å². The Morgan fingerprint density at radius 1 is 1.24 bits per heavy atom. The number of anilines is 1. The number of hydrogen-bond acceptors (Lipinski definition) is 3. The van der Waals surface area contributed by atoms with Crippen molar-refractivity contribution in [2.24, 2.45) is 5.73 Å². The summed E-state index contributed by atoms with van der Waals surface area (Å²) in [5, 5.41) is 6.39. The molecule has 0 spiro atoms. The Balaban J connectivity index is 0.00000220. The summed E-state index contributed by atoms with van der Waals surface area (Å²) in [6, 6.07) is 7.53. The number of aromatic nitrogens is 1. The minimum atomic E-state index is -0.115. The van der Waals surface area contributed by atoms with Gasteiger partial charge in [0.2, 0.25) is 11.8 Å². The largest absolute Gasteiger partial charge is 0.358 e. The molecule has 0 bridgehead atoms. The lowest BCUT2D eigenvalue weighted by molar-refractivity contribution is -0.121. The van der Waals surface area contributed by atoms with Gasteiger partial charge in [-0.15, -0.1) is 12.4 Å². The van der Waals surface area contributed by atoms with Gasteiger partial charge < -0.3 is 20.9 Å². The van der Waals surface area contributed by atoms with Crippen molar-refractivity contribution in [1.82, 2.24) is 9.88 Å². The second kappa shape index (κ2) is 7.66. The first-order valence-electron chi connectivity index (χ1n) is 6.43. The van der Waals surface area contributed by atoms with Crippen LogP contribution in [-0.2, 0) is 16.1 Å². The van der Waals surface area contributed by atoms with E-state index in [0.717, 1.165) is 10.9 Å². The molecular formula is C14H19ClN4O2. The highest BCUT2D eigenvalue weighted by Gasteiger charge is 2.07. The van der Waals surface area contributed by atoms with E-state index in [1.807, 2.05) is 35.0 Å². The SMILES string of the molecule is CNC(=O)Cn1ccc2ccc(NC(=O)CCN)cc21.Cl. The smallest absolute Gasteiger partial charge is 0.239 e. The van der Waals surface area contributed by atoms with Crippen LogP contribution in [0.15, 0.2) is 30.5 Å². The minimum absolute atomic E-state index is 0. The standard InChI is InChI=1S/C14H18N4O2.ClH/c1-16-14(20)9-18-7-5-10-2-3-11(8-12(10)18)17-13(19)4-6-15;/h2-3,5,7-8H,4,6,9,15H2,1H3,(H,16,20)(H,17,19);1H. The highest BCUT2D eigenvalue weighted by molar-refractivity contribution is 5.94. The molecule has 0 fully saturated rings. The van der Waals surface area contributed by atoms with Gasteiger partial charge in [0, 0.05) is 31.9 Å². The predicted molar refractivity (Wildman–Crippen MR) is 85.6 cm³/mol. The summed E-state index contributed by atoms with van der Waals surface area (Å²) >= 11 is 0. The number of nitrogens with one attached hydrogen (secondary N) is 2. The van der Waals surface area contributed by atoms with Gasteiger partial charge in [-0.3, -0.25) is 9.59 Å². The van der Waals surface area contributed by atoms with Gasteiger partial charge in [0.05, 0.1) is 5.52 Å². The first-order chi connectivity index (χ1) is 9.63. The van der Waals surface area contributed by atoms with Crippen LogP contribution in [0.1, 0.15) is 6.42 Å². The van der Waals surface area contributed by atoms with E-state index in [4.69, 9.17) is 5.73 Å². The lowest BCUT2D eigenvalue weighted by Gasteiger charge is -2.07. The number of rotatable bonds is 5. The summed E-state index contributed by atoms with van der Waals surface area (Å²) < 4.78 is 1.84. The third-order valence-corrected chi connectivity index (χ3v) is 3.02. The van der Waals surface area contributed by atoms with E-state index in [1.165, 1.54) is 0 Å². The van der Waals surface area contributed by atoms with Crippen LogP contribution in [-0.4, -0.2) is 30.0 Å². The van der Waals surface area contributed by atoms with Crippen LogP contribution in [0.2, 0.25) is 0 Å². The molecule has 2 rings (SSSR count). The van der Waals surface area contributed by atoms with Gasteiger partial charge in [0.15, 0.2) is 0 Å². The number of halogens is 1. The summed E-state index contributed by atoms with van der Waals surface area (Å²) in [6.07, 6.45) is 2.14. The van der Waals surface area contributed by atoms with E-state index in [1.54, 1.807) is 7.05 Å². The molecule has 1 heterocycles. The number of nitrogens with zero attached hydrogens (tertiary/aromatic N) is 1. The van der Waals surface area contributed by atoms with Crippen molar-refractivity contribution < 1.29 is 9.59 Å². The quantitative estimate of drug-likeness (QED) is 0.772. The Hall–Kier alpha value is -2.05. The second-order valence-electron chi connectivity index (χ2n) is 4.48. The Labute approximate surface area is 129 Å². The number of carbonyl (C=O) groups excluding carboxylic acids is 2. The number of amides is 2. The van der Waals surface area contributed by atoms with E-state index in [0.29, 0.717) is 12.2 Å². The summed E-state index contributed by atoms with van der Waals surface area (Å²) in [6.45, 7) is 0.571. The molecular weight excluding hydrogens is 292 g/mol. The Morgan fingerprint density at radius 2 is 2.00 bits per heavy atom. The number of carbonyl (C=O) groups is 2. The highest BCUT2D eigenvalue weighted by Crippen LogP contribution is 2.20. The zero-order valence-electron chi connectivity index (χ0n) is 11.8. The van der Waals surface area contributed by atoms with Gasteiger partial charge in [-0.25, -0.2) is 0 Å². The highest BCUT2D eigenvalue weighted by atomic mass is 35.5. The molecule has 1 aromatic carbocycles. The van der Waals surface area contributed by atoms with Crippen molar-refractivity contribution in [2.75, 3.05) is 18.9 Å². The van der Waals surface area contributed by atoms with Crippen LogP contribution in [0, 0.1) is 0 Å². The molecule has 0 aliphatic heterocycles. The molecule has 21 heavy (non-hydrogen) atoms. The van der Waals surface area contributed by atoms with Gasteiger partial charge in [-0.2, -0.15) is 0 Å². The fraction of sp³-hybridized carbons (Fsp3) is 0.286. The molecule has 2 aromatic rings. The van der Waals surface area contributed by atoms with Crippen molar-refractivity contribution in [1.29, 1.82) is 0 Å². The molecule has 0 aliphatic rings. The Bertz CT molecular complexity index is 639. The third-order valence-electron chi connectivity index (χ3n) is 3.02. The molecule has 0 atom stereocenters. The maximum Gasteiger partial charge on any atom is 0.239 e. The van der Waals surface area contributed by atoms with Crippen molar-refractivity contribution in [3.63, 3.8) is 0 Å². The van der Waals surface area contributed by atoms with Crippen molar-refractivity contribution >= 4 is 40.8 Å². The van der Waals surface area contributed by atoms with Crippen molar-refractivity contribution in [3.05, 3.63) is 30.5 Å². The van der Waals surface area contributed by atoms with Gasteiger partial charge in [-0.05, 0) is 23.6 Å². The van der Waals surface area contributed by atoms with Crippen LogP contribution in [0.3, 0.4) is 0 Å². The number of likely N-dealkylation sites (N-methyl/N-ethyl adjacent to an activating group) is 1. The minimum Gasteiger partial charge on any atom is -0.358 e. The Kier molecular flexibility index (Phi) is 6.20. The molecule has 0 aliphatic carbocycles. The number of fused-ring (bicyclic) bond motifs is 1. The molecule has 7 heteroatoms. The lowest BCUT2D eigenvalue weighted by atomic mass is 10.2. The maximum absolute atomic E-state index is 11.5. The van der Waals surface area contributed by atoms with Gasteiger partial charge in [0.1, 0.15) is 6.54 Å². The summed E-state index contributed by atoms with van der Waals surface area (Å²) in [7, 11) is 1.60. The maximum atomic E-state index is 11.5. The fourth-order valence-electron chi connectivity index (χ4n) is 1.99. The number of hydrogen-bond donors (Lipinski definition) is 3. The molecule has 6 nitrogen and oxygen atoms in total. The molecule has 0 radical (unpaired) electrons. The fourth-order valence-corrected chi connectivity index (χ4v) is 1.99. The van der Waals surface area contributed by atoms with Gasteiger partial charge in [-0.1, -0.05) is 6.07 Å². The second-order valence-corrected chi connectivity index (χ2v) is 4.48. The van der Waals surface area contributed by atoms with Crippen LogP contribution in [0.25, 0.3) is 10.9 Å². The van der Waals surface area contributed by atoms with Crippen LogP contribution in [0.5, 0.6) is 0 Å². The van der Waals surface area contributed by atoms with E-state index < -0.39 is 0 Å². The zero-order valence-corrected chi connectivity index (χ0v) is 12.6. The van der Waals surface area contributed by atoms with Crippen molar-refractivity contribution in [3.8, 4) is 0 Å². The van der Waals surface area contributed by atoms with Crippen LogP contribution in [0.4, 0.5) is 5.69 Å². The molecule has 1 aromatic heterocycles. The van der Waals surface area contributed by atoms with Crippen LogP contribution < -0.4 is 16.4 Å². The summed E-state index contributed by atoms with van der Waals surface area (Å²) in [5.74, 6) is -0.184. The Morgan fingerprint density at radius 3 is 2.67 bits per heavy atom. The third kappa shape index (κ3) is 4.21. The topological polar surface area (TPSA) is 89.2 Å². The molecule has 4 N–H and O–H groups in total. The van der Waals surface area contributed by atoms with Crippen LogP contribution >= 0.6 is 12.4 Å². The summed E-state index contributed by atoms with van der Waals surface area (Å²) in [5.41, 5.74) is 6.95. The summed E-state index contributed by atoms with van der Waals surface area (Å²) in [4.78, 5) is 23.0. The first-order valence-corrected chi connectivity index (χ1v) is 6.43. The molecule has 0 unspecified atom stereocenters. The molecule has 0 saturated heterocycles. The van der Waals surface area contributed by atoms with E-state index in [9.17, 15) is 9.59 Å². The number of benzene rings is 1. The zero-order chi connectivity index (χ0) is 14.5. The van der Waals surface area contributed by atoms with E-state index >= 15 is 0 Å². The lowest BCUT2D eigenvalue weighted by Crippen LogP contribution is -2.23. The monoisotopic (exact) mass is 310 g/mol. The molecule has 2 amide bonds. The first kappa shape index (κ1) is 17.0.